The predicted molar refractivity (Wildman–Crippen MR) is 129 cm³/mol. The van der Waals surface area contributed by atoms with Gasteiger partial charge in [0.15, 0.2) is 5.75 Å². The number of rotatable bonds is 5. The molecule has 2 fully saturated rings. The molecule has 0 radical (unpaired) electrons. The van der Waals surface area contributed by atoms with Gasteiger partial charge in [-0.2, -0.15) is 0 Å². The highest BCUT2D eigenvalue weighted by Gasteiger charge is 2.37. The van der Waals surface area contributed by atoms with E-state index in [2.05, 4.69) is 25.4 Å². The normalized spacial score (nSPS) is 16.4. The van der Waals surface area contributed by atoms with Crippen LogP contribution in [-0.2, 0) is 9.47 Å². The number of ether oxygens (including phenoxy) is 2. The van der Waals surface area contributed by atoms with E-state index in [4.69, 9.17) is 9.47 Å². The van der Waals surface area contributed by atoms with Gasteiger partial charge in [0, 0.05) is 29.4 Å². The molecule has 0 unspecified atom stereocenters. The van der Waals surface area contributed by atoms with Crippen molar-refractivity contribution >= 4 is 50.3 Å². The Kier molecular flexibility index (Phi) is 6.05. The molecule has 1 aliphatic heterocycles. The standard InChI is InChI=1S/C24H24BrFN2O4S/c1-13-19(25)22(29)21(27-9-11-32-12-10-27)17-18(24(30)31-2)23(28(20(13)17)15-5-6-15)33-16-7-3-14(26)4-8-16/h3-4,7-8,15,29H,5-6,9-12H2,1-2H3. The van der Waals surface area contributed by atoms with Gasteiger partial charge < -0.3 is 24.0 Å². The Bertz CT molecular complexity index is 1230. The molecule has 1 N–H and O–H groups in total. The van der Waals surface area contributed by atoms with E-state index < -0.39 is 5.97 Å². The van der Waals surface area contributed by atoms with Crippen LogP contribution < -0.4 is 4.90 Å². The first-order chi connectivity index (χ1) is 15.9. The molecule has 3 aromatic rings. The summed E-state index contributed by atoms with van der Waals surface area (Å²) in [6.07, 6.45) is 2.01. The van der Waals surface area contributed by atoms with Crippen LogP contribution in [0.15, 0.2) is 38.7 Å². The molecule has 5 rings (SSSR count). The number of halogens is 2. The summed E-state index contributed by atoms with van der Waals surface area (Å²) in [7, 11) is 1.37. The van der Waals surface area contributed by atoms with Gasteiger partial charge >= 0.3 is 5.97 Å². The van der Waals surface area contributed by atoms with Crippen LogP contribution in [0.25, 0.3) is 10.9 Å². The molecule has 1 saturated heterocycles. The van der Waals surface area contributed by atoms with E-state index in [1.807, 2.05) is 6.92 Å². The van der Waals surface area contributed by atoms with Crippen LogP contribution >= 0.6 is 27.7 Å². The second-order valence-corrected chi connectivity index (χ2v) is 10.1. The zero-order valence-electron chi connectivity index (χ0n) is 18.4. The van der Waals surface area contributed by atoms with Crippen molar-refractivity contribution in [3.05, 3.63) is 45.7 Å². The van der Waals surface area contributed by atoms with E-state index in [1.54, 1.807) is 12.1 Å². The average molecular weight is 535 g/mol. The van der Waals surface area contributed by atoms with Gasteiger partial charge in [-0.15, -0.1) is 0 Å². The molecule has 1 aliphatic carbocycles. The van der Waals surface area contributed by atoms with Crippen molar-refractivity contribution in [2.24, 2.45) is 0 Å². The molecule has 1 aromatic heterocycles. The summed E-state index contributed by atoms with van der Waals surface area (Å²) in [5.41, 5.74) is 2.82. The van der Waals surface area contributed by atoms with Crippen LogP contribution in [0.3, 0.4) is 0 Å². The fourth-order valence-corrected chi connectivity index (χ4v) is 5.95. The fraction of sp³-hybridized carbons (Fsp3) is 0.375. The quantitative estimate of drug-likeness (QED) is 0.425. The van der Waals surface area contributed by atoms with Crippen molar-refractivity contribution in [2.45, 2.75) is 35.7 Å². The number of nitrogens with zero attached hydrogens (tertiary/aromatic N) is 2. The molecule has 0 bridgehead atoms. The van der Waals surface area contributed by atoms with Gasteiger partial charge in [0.1, 0.15) is 11.4 Å². The van der Waals surface area contributed by atoms with Crippen molar-refractivity contribution in [1.82, 2.24) is 4.57 Å². The lowest BCUT2D eigenvalue weighted by atomic mass is 10.0. The van der Waals surface area contributed by atoms with Crippen molar-refractivity contribution in [2.75, 3.05) is 38.3 Å². The number of anilines is 1. The third-order valence-electron chi connectivity index (χ3n) is 6.17. The molecular weight excluding hydrogens is 511 g/mol. The van der Waals surface area contributed by atoms with E-state index >= 15 is 0 Å². The second-order valence-electron chi connectivity index (χ2n) is 8.29. The number of methoxy groups -OCH3 is 1. The van der Waals surface area contributed by atoms with Crippen LogP contribution in [0, 0.1) is 12.7 Å². The van der Waals surface area contributed by atoms with Gasteiger partial charge in [0.25, 0.3) is 0 Å². The highest BCUT2D eigenvalue weighted by Crippen LogP contribution is 2.53. The maximum absolute atomic E-state index is 13.5. The zero-order valence-corrected chi connectivity index (χ0v) is 20.8. The number of carbonyl (C=O) groups is 1. The minimum Gasteiger partial charge on any atom is -0.505 e. The van der Waals surface area contributed by atoms with Crippen LogP contribution in [-0.4, -0.2) is 49.1 Å². The fourth-order valence-electron chi connectivity index (χ4n) is 4.45. The van der Waals surface area contributed by atoms with Gasteiger partial charge in [0.2, 0.25) is 0 Å². The molecule has 9 heteroatoms. The summed E-state index contributed by atoms with van der Waals surface area (Å²) in [4.78, 5) is 16.1. The monoisotopic (exact) mass is 534 g/mol. The lowest BCUT2D eigenvalue weighted by Gasteiger charge is -2.31. The van der Waals surface area contributed by atoms with Crippen LogP contribution in [0.2, 0.25) is 0 Å². The van der Waals surface area contributed by atoms with Gasteiger partial charge in [-0.3, -0.25) is 0 Å². The topological polar surface area (TPSA) is 63.9 Å². The number of aromatic nitrogens is 1. The Morgan fingerprint density at radius 1 is 1.24 bits per heavy atom. The first-order valence-electron chi connectivity index (χ1n) is 10.9. The number of hydrogen-bond donors (Lipinski definition) is 1. The van der Waals surface area contributed by atoms with E-state index in [0.29, 0.717) is 47.4 Å². The molecule has 2 aromatic carbocycles. The Morgan fingerprint density at radius 2 is 1.91 bits per heavy atom. The summed E-state index contributed by atoms with van der Waals surface area (Å²) >= 11 is 5.02. The van der Waals surface area contributed by atoms with Crippen molar-refractivity contribution in [3.63, 3.8) is 0 Å². The van der Waals surface area contributed by atoms with Crippen molar-refractivity contribution in [1.29, 1.82) is 0 Å². The highest BCUT2D eigenvalue weighted by molar-refractivity contribution is 9.10. The molecular formula is C24H24BrFN2O4S. The van der Waals surface area contributed by atoms with E-state index in [9.17, 15) is 14.3 Å². The molecule has 6 nitrogen and oxygen atoms in total. The van der Waals surface area contributed by atoms with Gasteiger partial charge in [0.05, 0.1) is 41.0 Å². The predicted octanol–water partition coefficient (Wildman–Crippen LogP) is 5.67. The molecule has 0 amide bonds. The Labute approximate surface area is 203 Å². The van der Waals surface area contributed by atoms with Gasteiger partial charge in [-0.05, 0) is 65.5 Å². The van der Waals surface area contributed by atoms with Crippen molar-refractivity contribution in [3.8, 4) is 5.75 Å². The number of morpholine rings is 1. The number of carbonyl (C=O) groups excluding carboxylic acids is 1. The molecule has 0 atom stereocenters. The second kappa shape index (κ2) is 8.85. The molecule has 33 heavy (non-hydrogen) atoms. The molecule has 174 valence electrons. The van der Waals surface area contributed by atoms with Crippen LogP contribution in [0.1, 0.15) is 34.8 Å². The molecule has 1 saturated carbocycles. The lowest BCUT2D eigenvalue weighted by Crippen LogP contribution is -2.36. The van der Waals surface area contributed by atoms with E-state index in [-0.39, 0.29) is 17.6 Å². The lowest BCUT2D eigenvalue weighted by molar-refractivity contribution is 0.0598. The Hall–Kier alpha value is -2.23. The number of fused-ring (bicyclic) bond motifs is 1. The third-order valence-corrected chi connectivity index (χ3v) is 8.24. The molecule has 2 heterocycles. The number of aromatic hydroxyl groups is 1. The number of phenolic OH excluding ortho intramolecular Hbond substituents is 1. The SMILES string of the molecule is COC(=O)c1c(Sc2ccc(F)cc2)n(C2CC2)c2c(C)c(Br)c(O)c(N3CCOCC3)c12. The maximum atomic E-state index is 13.5. The number of phenols is 1. The maximum Gasteiger partial charge on any atom is 0.341 e. The number of benzene rings is 2. The highest BCUT2D eigenvalue weighted by atomic mass is 79.9. The summed E-state index contributed by atoms with van der Waals surface area (Å²) in [5, 5.41) is 12.7. The number of hydrogen-bond acceptors (Lipinski definition) is 6. The minimum atomic E-state index is -0.459. The first kappa shape index (κ1) is 22.6. The Balaban J connectivity index is 1.85. The summed E-state index contributed by atoms with van der Waals surface area (Å²) in [6.45, 7) is 4.24. The zero-order chi connectivity index (χ0) is 23.3. The largest absolute Gasteiger partial charge is 0.505 e. The smallest absolute Gasteiger partial charge is 0.341 e. The molecule has 0 spiro atoms. The van der Waals surface area contributed by atoms with Crippen LogP contribution in [0.4, 0.5) is 10.1 Å². The summed E-state index contributed by atoms with van der Waals surface area (Å²) in [5.74, 6) is -0.660. The summed E-state index contributed by atoms with van der Waals surface area (Å²) < 4.78 is 27.1. The number of aryl methyl sites for hydroxylation is 1. The van der Waals surface area contributed by atoms with Gasteiger partial charge in [-0.1, -0.05) is 11.8 Å². The van der Waals surface area contributed by atoms with Gasteiger partial charge in [-0.25, -0.2) is 9.18 Å². The van der Waals surface area contributed by atoms with Crippen molar-refractivity contribution < 1.29 is 23.8 Å². The van der Waals surface area contributed by atoms with E-state index in [0.717, 1.165) is 33.8 Å². The number of esters is 1. The van der Waals surface area contributed by atoms with E-state index in [1.165, 1.54) is 31.0 Å². The molecule has 2 aliphatic rings. The first-order valence-corrected chi connectivity index (χ1v) is 12.5. The van der Waals surface area contributed by atoms with Crippen LogP contribution in [0.5, 0.6) is 5.75 Å². The summed E-state index contributed by atoms with van der Waals surface area (Å²) in [6, 6.07) is 6.49. The Morgan fingerprint density at radius 3 is 2.52 bits per heavy atom. The third kappa shape index (κ3) is 3.90. The minimum absolute atomic E-state index is 0.110. The average Bonchev–Trinajstić information content (AvgIpc) is 3.61.